The number of thioether (sulfide) groups is 1. The number of nitriles is 1. The number of amides is 1. The van der Waals surface area contributed by atoms with E-state index < -0.39 is 5.54 Å². The molecule has 3 atom stereocenters. The van der Waals surface area contributed by atoms with Gasteiger partial charge in [0, 0.05) is 16.2 Å². The summed E-state index contributed by atoms with van der Waals surface area (Å²) >= 11 is 1.57. The Kier molecular flexibility index (Phi) is 7.94. The molecule has 0 radical (unpaired) electrons. The molecular formula is C22H33N3O2S. The van der Waals surface area contributed by atoms with Gasteiger partial charge in [-0.15, -0.1) is 11.8 Å². The van der Waals surface area contributed by atoms with Gasteiger partial charge < -0.3 is 15.7 Å². The van der Waals surface area contributed by atoms with Crippen LogP contribution in [0.25, 0.3) is 0 Å². The number of aliphatic hydroxyl groups excluding tert-OH is 1. The molecule has 0 spiro atoms. The zero-order chi connectivity index (χ0) is 20.8. The Morgan fingerprint density at radius 1 is 1.39 bits per heavy atom. The molecule has 1 aliphatic rings. The van der Waals surface area contributed by atoms with E-state index in [0.717, 1.165) is 29.8 Å². The summed E-state index contributed by atoms with van der Waals surface area (Å²) < 4.78 is 0. The van der Waals surface area contributed by atoms with Gasteiger partial charge in [0.2, 0.25) is 5.91 Å². The summed E-state index contributed by atoms with van der Waals surface area (Å²) in [5, 5.41) is 25.4. The van der Waals surface area contributed by atoms with Gasteiger partial charge in [0.15, 0.2) is 0 Å². The van der Waals surface area contributed by atoms with E-state index in [-0.39, 0.29) is 30.4 Å². The number of nitrogens with one attached hydrogen (secondary N) is 2. The molecule has 1 aromatic carbocycles. The smallest absolute Gasteiger partial charge is 0.238 e. The van der Waals surface area contributed by atoms with Crippen LogP contribution in [0.15, 0.2) is 29.2 Å². The van der Waals surface area contributed by atoms with Crippen LogP contribution in [0, 0.1) is 28.6 Å². The molecule has 1 fully saturated rings. The van der Waals surface area contributed by atoms with Crippen molar-refractivity contribution in [2.75, 3.05) is 24.2 Å². The summed E-state index contributed by atoms with van der Waals surface area (Å²) in [5.41, 5.74) is 0.499. The van der Waals surface area contributed by atoms with Crippen LogP contribution >= 0.6 is 11.8 Å². The Labute approximate surface area is 173 Å². The summed E-state index contributed by atoms with van der Waals surface area (Å²) in [5.74, 6) is 1.02. The molecule has 1 aromatic rings. The van der Waals surface area contributed by atoms with Crippen LogP contribution in [0.5, 0.6) is 0 Å². The molecule has 2 rings (SSSR count). The first kappa shape index (κ1) is 22.7. The minimum atomic E-state index is -0.408. The average molecular weight is 404 g/mol. The number of carbonyl (C=O) groups is 1. The lowest BCUT2D eigenvalue weighted by molar-refractivity contribution is -0.116. The summed E-state index contributed by atoms with van der Waals surface area (Å²) in [7, 11) is 0. The van der Waals surface area contributed by atoms with Crippen molar-refractivity contribution >= 4 is 23.4 Å². The molecular weight excluding hydrogens is 370 g/mol. The quantitative estimate of drug-likeness (QED) is 0.570. The van der Waals surface area contributed by atoms with Crippen LogP contribution in [0.3, 0.4) is 0 Å². The maximum Gasteiger partial charge on any atom is 0.238 e. The van der Waals surface area contributed by atoms with Crippen molar-refractivity contribution < 1.29 is 9.90 Å². The molecule has 0 bridgehead atoms. The zero-order valence-corrected chi connectivity index (χ0v) is 18.2. The van der Waals surface area contributed by atoms with E-state index in [1.54, 1.807) is 11.8 Å². The van der Waals surface area contributed by atoms with Crippen LogP contribution in [0.2, 0.25) is 0 Å². The van der Waals surface area contributed by atoms with Gasteiger partial charge in [0.05, 0.1) is 30.8 Å². The number of carbonyl (C=O) groups excluding carboxylic acids is 1. The monoisotopic (exact) mass is 403 g/mol. The van der Waals surface area contributed by atoms with Crippen molar-refractivity contribution in [2.24, 2.45) is 17.3 Å². The summed E-state index contributed by atoms with van der Waals surface area (Å²) in [4.78, 5) is 13.5. The lowest BCUT2D eigenvalue weighted by Gasteiger charge is -2.47. The Bertz CT molecular complexity index is 716. The van der Waals surface area contributed by atoms with E-state index in [9.17, 15) is 9.90 Å². The molecule has 1 saturated carbocycles. The lowest BCUT2D eigenvalue weighted by atomic mass is 9.64. The van der Waals surface area contributed by atoms with E-state index in [1.165, 1.54) is 0 Å². The number of benzene rings is 1. The fourth-order valence-corrected chi connectivity index (χ4v) is 5.42. The minimum Gasteiger partial charge on any atom is -0.394 e. The zero-order valence-electron chi connectivity index (χ0n) is 17.4. The predicted molar refractivity (Wildman–Crippen MR) is 115 cm³/mol. The third-order valence-corrected chi connectivity index (χ3v) is 6.59. The second kappa shape index (κ2) is 9.78. The number of anilines is 1. The maximum absolute atomic E-state index is 12.6. The number of para-hydroxylation sites is 1. The highest BCUT2D eigenvalue weighted by molar-refractivity contribution is 7.99. The highest BCUT2D eigenvalue weighted by atomic mass is 32.2. The van der Waals surface area contributed by atoms with E-state index in [2.05, 4.69) is 37.5 Å². The molecule has 0 unspecified atom stereocenters. The van der Waals surface area contributed by atoms with Crippen molar-refractivity contribution in [2.45, 2.75) is 57.4 Å². The van der Waals surface area contributed by atoms with E-state index in [0.29, 0.717) is 11.7 Å². The summed E-state index contributed by atoms with van der Waals surface area (Å²) in [6.07, 6.45) is 2.86. The van der Waals surface area contributed by atoms with Crippen molar-refractivity contribution in [3.8, 4) is 6.07 Å². The molecule has 154 valence electrons. The van der Waals surface area contributed by atoms with Gasteiger partial charge in [0.1, 0.15) is 0 Å². The van der Waals surface area contributed by atoms with Gasteiger partial charge in [-0.3, -0.25) is 4.79 Å². The molecule has 6 heteroatoms. The Balaban J connectivity index is 1.98. The van der Waals surface area contributed by atoms with Crippen LogP contribution in [0.4, 0.5) is 5.69 Å². The van der Waals surface area contributed by atoms with Crippen molar-refractivity contribution in [3.05, 3.63) is 24.3 Å². The highest BCUT2D eigenvalue weighted by Crippen LogP contribution is 2.43. The molecule has 0 saturated heterocycles. The van der Waals surface area contributed by atoms with Crippen LogP contribution < -0.4 is 10.6 Å². The normalized spacial score (nSPS) is 24.9. The molecule has 1 amide bonds. The van der Waals surface area contributed by atoms with Crippen molar-refractivity contribution in [1.29, 1.82) is 5.26 Å². The highest BCUT2D eigenvalue weighted by Gasteiger charge is 2.42. The lowest BCUT2D eigenvalue weighted by Crippen LogP contribution is -2.56. The fourth-order valence-electron chi connectivity index (χ4n) is 4.46. The molecule has 3 N–H and O–H groups in total. The average Bonchev–Trinajstić information content (AvgIpc) is 2.64. The van der Waals surface area contributed by atoms with E-state index in [1.807, 2.05) is 31.2 Å². The first-order chi connectivity index (χ1) is 13.2. The SMILES string of the molecule is C[C@H]1CC(C)(C)C[C@@](CO)(NCC(=O)Nc2ccccc2SC[C@H](C)C#N)C1. The number of hydrogen-bond donors (Lipinski definition) is 3. The van der Waals surface area contributed by atoms with Crippen molar-refractivity contribution in [3.63, 3.8) is 0 Å². The molecule has 28 heavy (non-hydrogen) atoms. The van der Waals surface area contributed by atoms with Gasteiger partial charge in [-0.05, 0) is 49.7 Å². The van der Waals surface area contributed by atoms with Gasteiger partial charge in [-0.1, -0.05) is 32.9 Å². The fraction of sp³-hybridized carbons (Fsp3) is 0.636. The molecule has 5 nitrogen and oxygen atoms in total. The van der Waals surface area contributed by atoms with Gasteiger partial charge >= 0.3 is 0 Å². The largest absolute Gasteiger partial charge is 0.394 e. The third-order valence-electron chi connectivity index (χ3n) is 5.25. The Morgan fingerprint density at radius 3 is 2.75 bits per heavy atom. The second-order valence-corrected chi connectivity index (χ2v) is 10.1. The van der Waals surface area contributed by atoms with Crippen LogP contribution in [0.1, 0.15) is 47.0 Å². The van der Waals surface area contributed by atoms with Crippen LogP contribution in [-0.4, -0.2) is 35.5 Å². The van der Waals surface area contributed by atoms with Gasteiger partial charge in [-0.25, -0.2) is 0 Å². The minimum absolute atomic E-state index is 0.0343. The topological polar surface area (TPSA) is 85.2 Å². The second-order valence-electron chi connectivity index (χ2n) is 9.03. The first-order valence-electron chi connectivity index (χ1n) is 9.96. The maximum atomic E-state index is 12.6. The number of rotatable bonds is 8. The molecule has 0 aliphatic heterocycles. The molecule has 0 heterocycles. The van der Waals surface area contributed by atoms with Crippen LogP contribution in [-0.2, 0) is 4.79 Å². The van der Waals surface area contributed by atoms with E-state index >= 15 is 0 Å². The number of hydrogen-bond acceptors (Lipinski definition) is 5. The number of aliphatic hydroxyl groups is 1. The first-order valence-corrected chi connectivity index (χ1v) is 10.9. The standard InChI is InChI=1S/C22H33N3O2S/c1-16-9-21(3,4)14-22(10-16,15-26)24-12-20(27)25-18-7-5-6-8-19(18)28-13-17(2)11-23/h5-8,16-17,24,26H,9-10,12-15H2,1-4H3,(H,25,27)/t16-,17+,22-/m0/s1. The predicted octanol–water partition coefficient (Wildman–Crippen LogP) is 4.04. The summed E-state index contributed by atoms with van der Waals surface area (Å²) in [6.45, 7) is 8.75. The Hall–Kier alpha value is -1.55. The molecule has 1 aliphatic carbocycles. The van der Waals surface area contributed by atoms with Gasteiger partial charge in [0.25, 0.3) is 0 Å². The Morgan fingerprint density at radius 2 is 2.11 bits per heavy atom. The summed E-state index contributed by atoms with van der Waals surface area (Å²) in [6, 6.07) is 9.89. The van der Waals surface area contributed by atoms with Crippen molar-refractivity contribution in [1.82, 2.24) is 5.32 Å². The number of nitrogens with zero attached hydrogens (tertiary/aromatic N) is 1. The van der Waals surface area contributed by atoms with Gasteiger partial charge in [-0.2, -0.15) is 5.26 Å². The third kappa shape index (κ3) is 6.51. The van der Waals surface area contributed by atoms with E-state index in [4.69, 9.17) is 5.26 Å². The molecule has 0 aromatic heterocycles.